The van der Waals surface area contributed by atoms with Crippen LogP contribution in [0.15, 0.2) is 53.3 Å². The van der Waals surface area contributed by atoms with Crippen LogP contribution in [-0.4, -0.2) is 52.0 Å². The first kappa shape index (κ1) is 18.1. The highest BCUT2D eigenvalue weighted by molar-refractivity contribution is 5.94. The maximum absolute atomic E-state index is 12.5. The van der Waals surface area contributed by atoms with Crippen molar-refractivity contribution in [2.75, 3.05) is 26.2 Å². The van der Waals surface area contributed by atoms with Crippen molar-refractivity contribution in [1.82, 2.24) is 19.9 Å². The van der Waals surface area contributed by atoms with E-state index in [4.69, 9.17) is 4.52 Å². The molecule has 3 heterocycles. The molecule has 0 atom stereocenters. The molecule has 8 heteroatoms. The van der Waals surface area contributed by atoms with Gasteiger partial charge in [0.2, 0.25) is 11.7 Å². The van der Waals surface area contributed by atoms with Crippen molar-refractivity contribution in [1.29, 1.82) is 0 Å². The summed E-state index contributed by atoms with van der Waals surface area (Å²) in [6.07, 6.45) is 2.68. The molecule has 1 aliphatic rings. The van der Waals surface area contributed by atoms with Gasteiger partial charge in [-0.15, -0.1) is 0 Å². The Bertz CT molecular complexity index is 945. The highest BCUT2D eigenvalue weighted by Gasteiger charge is 2.23. The van der Waals surface area contributed by atoms with Crippen LogP contribution in [0.4, 0.5) is 0 Å². The first-order valence-electron chi connectivity index (χ1n) is 9.18. The Morgan fingerprint density at radius 2 is 1.79 bits per heavy atom. The second kappa shape index (κ2) is 7.77. The molecule has 0 bridgehead atoms. The van der Waals surface area contributed by atoms with E-state index in [0.29, 0.717) is 41.6 Å². The van der Waals surface area contributed by atoms with E-state index in [1.165, 1.54) is 18.0 Å². The molecule has 4 rings (SSSR count). The van der Waals surface area contributed by atoms with Crippen molar-refractivity contribution in [2.24, 2.45) is 0 Å². The van der Waals surface area contributed by atoms with Gasteiger partial charge < -0.3 is 14.6 Å². The van der Waals surface area contributed by atoms with E-state index < -0.39 is 0 Å². The highest BCUT2D eigenvalue weighted by atomic mass is 16.5. The van der Waals surface area contributed by atoms with Gasteiger partial charge in [-0.3, -0.25) is 9.69 Å². The van der Waals surface area contributed by atoms with Gasteiger partial charge in [-0.25, -0.2) is 0 Å². The molecule has 144 valence electrons. The zero-order valence-corrected chi connectivity index (χ0v) is 15.6. The van der Waals surface area contributed by atoms with E-state index in [-0.39, 0.29) is 5.91 Å². The lowest BCUT2D eigenvalue weighted by molar-refractivity contribution is -0.605. The van der Waals surface area contributed by atoms with Crippen LogP contribution in [0.25, 0.3) is 11.4 Å². The SMILES string of the molecule is Cc1ccc(-c2noc(CN3CCN(C(=O)c4cc[n+]([O-])cc4)CC3)n2)cc1. The standard InChI is InChI=1S/C20H21N5O3/c1-15-2-4-16(5-3-15)19-21-18(28-22-19)14-23-10-12-24(13-11-23)20(26)17-6-8-25(27)9-7-17/h2-9H,10-14H2,1H3. The van der Waals surface area contributed by atoms with Crippen LogP contribution in [0.5, 0.6) is 0 Å². The second-order valence-electron chi connectivity index (χ2n) is 6.89. The van der Waals surface area contributed by atoms with Gasteiger partial charge >= 0.3 is 0 Å². The van der Waals surface area contributed by atoms with Crippen molar-refractivity contribution in [3.05, 3.63) is 71.0 Å². The van der Waals surface area contributed by atoms with Crippen molar-refractivity contribution in [2.45, 2.75) is 13.5 Å². The number of nitrogens with zero attached hydrogens (tertiary/aromatic N) is 5. The van der Waals surface area contributed by atoms with Gasteiger partial charge in [0.25, 0.3) is 5.91 Å². The number of hydrogen-bond acceptors (Lipinski definition) is 6. The van der Waals surface area contributed by atoms with Gasteiger partial charge in [0.1, 0.15) is 0 Å². The summed E-state index contributed by atoms with van der Waals surface area (Å²) in [7, 11) is 0. The van der Waals surface area contributed by atoms with Gasteiger partial charge in [-0.1, -0.05) is 35.0 Å². The number of aromatic nitrogens is 3. The largest absolute Gasteiger partial charge is 0.619 e. The van der Waals surface area contributed by atoms with Gasteiger partial charge in [0.05, 0.1) is 12.1 Å². The molecule has 2 aromatic heterocycles. The molecule has 0 radical (unpaired) electrons. The van der Waals surface area contributed by atoms with Gasteiger partial charge in [0, 0.05) is 43.9 Å². The fourth-order valence-electron chi connectivity index (χ4n) is 3.18. The van der Waals surface area contributed by atoms with E-state index in [1.54, 1.807) is 17.0 Å². The van der Waals surface area contributed by atoms with Gasteiger partial charge in [0.15, 0.2) is 12.4 Å². The van der Waals surface area contributed by atoms with Crippen LogP contribution < -0.4 is 4.73 Å². The van der Waals surface area contributed by atoms with Crippen LogP contribution in [0.2, 0.25) is 0 Å². The maximum Gasteiger partial charge on any atom is 0.254 e. The van der Waals surface area contributed by atoms with E-state index in [0.717, 1.165) is 18.7 Å². The number of piperazine rings is 1. The molecule has 0 N–H and O–H groups in total. The smallest absolute Gasteiger partial charge is 0.254 e. The van der Waals surface area contributed by atoms with E-state index in [1.807, 2.05) is 31.2 Å². The maximum atomic E-state index is 12.5. The van der Waals surface area contributed by atoms with E-state index in [2.05, 4.69) is 15.0 Å². The number of carbonyl (C=O) groups excluding carboxylic acids is 1. The Labute approximate surface area is 162 Å². The Kier molecular flexibility index (Phi) is 5.03. The Balaban J connectivity index is 1.33. The topological polar surface area (TPSA) is 89.4 Å². The third kappa shape index (κ3) is 4.01. The number of aryl methyl sites for hydroxylation is 1. The molecule has 3 aromatic rings. The fourth-order valence-corrected chi connectivity index (χ4v) is 3.18. The number of rotatable bonds is 4. The summed E-state index contributed by atoms with van der Waals surface area (Å²) < 4.78 is 6.06. The van der Waals surface area contributed by atoms with Crippen molar-refractivity contribution >= 4 is 5.91 Å². The molecule has 1 aliphatic heterocycles. The Morgan fingerprint density at radius 3 is 2.46 bits per heavy atom. The van der Waals surface area contributed by atoms with Crippen molar-refractivity contribution in [3.63, 3.8) is 0 Å². The summed E-state index contributed by atoms with van der Waals surface area (Å²) in [5.74, 6) is 1.10. The van der Waals surface area contributed by atoms with Crippen LogP contribution in [0, 0.1) is 12.1 Å². The Hall–Kier alpha value is -3.26. The van der Waals surface area contributed by atoms with Crippen molar-refractivity contribution in [3.8, 4) is 11.4 Å². The van der Waals surface area contributed by atoms with Crippen LogP contribution in [0.1, 0.15) is 21.8 Å². The normalized spacial score (nSPS) is 15.0. The lowest BCUT2D eigenvalue weighted by Crippen LogP contribution is -2.48. The number of hydrogen-bond donors (Lipinski definition) is 0. The summed E-state index contributed by atoms with van der Waals surface area (Å²) in [6, 6.07) is 11.1. The van der Waals surface area contributed by atoms with Crippen LogP contribution in [-0.2, 0) is 6.54 Å². The monoisotopic (exact) mass is 379 g/mol. The summed E-state index contributed by atoms with van der Waals surface area (Å²) in [5.41, 5.74) is 2.64. The number of amides is 1. The van der Waals surface area contributed by atoms with E-state index >= 15 is 0 Å². The molecule has 8 nitrogen and oxygen atoms in total. The fraction of sp³-hybridized carbons (Fsp3) is 0.300. The number of benzene rings is 1. The quantitative estimate of drug-likeness (QED) is 0.506. The molecule has 0 unspecified atom stereocenters. The molecule has 1 aromatic carbocycles. The third-order valence-corrected chi connectivity index (χ3v) is 4.85. The molecular weight excluding hydrogens is 358 g/mol. The average Bonchev–Trinajstić information content (AvgIpc) is 3.18. The molecule has 1 saturated heterocycles. The average molecular weight is 379 g/mol. The first-order chi connectivity index (χ1) is 13.6. The zero-order chi connectivity index (χ0) is 19.5. The van der Waals surface area contributed by atoms with Gasteiger partial charge in [-0.05, 0) is 6.92 Å². The molecule has 0 spiro atoms. The van der Waals surface area contributed by atoms with Crippen LogP contribution >= 0.6 is 0 Å². The number of pyridine rings is 1. The molecule has 1 fully saturated rings. The van der Waals surface area contributed by atoms with Crippen molar-refractivity contribution < 1.29 is 14.0 Å². The summed E-state index contributed by atoms with van der Waals surface area (Å²) in [4.78, 5) is 21.0. The predicted molar refractivity (Wildman–Crippen MR) is 101 cm³/mol. The Morgan fingerprint density at radius 1 is 1.11 bits per heavy atom. The summed E-state index contributed by atoms with van der Waals surface area (Å²) >= 11 is 0. The highest BCUT2D eigenvalue weighted by Crippen LogP contribution is 2.17. The first-order valence-corrected chi connectivity index (χ1v) is 9.18. The summed E-state index contributed by atoms with van der Waals surface area (Å²) in [6.45, 7) is 5.27. The molecule has 0 saturated carbocycles. The zero-order valence-electron chi connectivity index (χ0n) is 15.6. The molecule has 0 aliphatic carbocycles. The molecule has 1 amide bonds. The molecular formula is C20H21N5O3. The molecule has 28 heavy (non-hydrogen) atoms. The van der Waals surface area contributed by atoms with Crippen LogP contribution in [0.3, 0.4) is 0 Å². The van der Waals surface area contributed by atoms with Gasteiger partial charge in [-0.2, -0.15) is 9.71 Å². The number of carbonyl (C=O) groups is 1. The second-order valence-corrected chi connectivity index (χ2v) is 6.89. The summed E-state index contributed by atoms with van der Waals surface area (Å²) in [5, 5.41) is 15.2. The minimum Gasteiger partial charge on any atom is -0.619 e. The predicted octanol–water partition coefficient (Wildman–Crippen LogP) is 1.64. The lowest BCUT2D eigenvalue weighted by Gasteiger charge is -2.33. The lowest BCUT2D eigenvalue weighted by atomic mass is 10.1. The third-order valence-electron chi connectivity index (χ3n) is 4.85. The minimum atomic E-state index is -0.0558. The minimum absolute atomic E-state index is 0.0558. The van der Waals surface area contributed by atoms with E-state index in [9.17, 15) is 10.0 Å².